The van der Waals surface area contributed by atoms with Crippen molar-refractivity contribution in [1.82, 2.24) is 0 Å². The van der Waals surface area contributed by atoms with Crippen LogP contribution < -0.4 is 11.5 Å². The summed E-state index contributed by atoms with van der Waals surface area (Å²) in [6.45, 7) is 0. The summed E-state index contributed by atoms with van der Waals surface area (Å²) in [6.07, 6.45) is 0. The summed E-state index contributed by atoms with van der Waals surface area (Å²) in [5, 5.41) is 0. The average molecular weight is 199 g/mol. The Morgan fingerprint density at radius 1 is 0.867 bits per heavy atom. The van der Waals surface area contributed by atoms with Gasteiger partial charge in [0, 0.05) is 16.8 Å². The van der Waals surface area contributed by atoms with Gasteiger partial charge in [-0.3, -0.25) is 0 Å². The van der Waals surface area contributed by atoms with Gasteiger partial charge in [-0.25, -0.2) is 0 Å². The lowest BCUT2D eigenvalue weighted by atomic mass is 9.98. The van der Waals surface area contributed by atoms with Crippen LogP contribution in [-0.4, -0.2) is 0 Å². The zero-order valence-corrected chi connectivity index (χ0v) is 8.56. The van der Waals surface area contributed by atoms with Gasteiger partial charge in [-0.2, -0.15) is 0 Å². The molecule has 2 aromatic carbocycles. The predicted molar refractivity (Wildman–Crippen MR) is 62.0 cm³/mol. The van der Waals surface area contributed by atoms with Crippen molar-refractivity contribution in [3.05, 3.63) is 65.7 Å². The topological polar surface area (TPSA) is 53.7 Å². The molecule has 2 aromatic rings. The van der Waals surface area contributed by atoms with E-state index in [2.05, 4.69) is 17.9 Å². The van der Waals surface area contributed by atoms with Crippen molar-refractivity contribution in [2.45, 2.75) is 6.04 Å². The molecule has 0 bridgehead atoms. The molecule has 0 aromatic heterocycles. The van der Waals surface area contributed by atoms with Gasteiger partial charge in [0.2, 0.25) is 0 Å². The van der Waals surface area contributed by atoms with E-state index >= 15 is 0 Å². The van der Waals surface area contributed by atoms with Crippen molar-refractivity contribution < 1.29 is 5.73 Å². The Hall–Kier alpha value is -1.80. The Balaban J connectivity index is 2.37. The lowest BCUT2D eigenvalue weighted by molar-refractivity contribution is -0.411. The molecule has 15 heavy (non-hydrogen) atoms. The number of nitrogens with two attached hydrogens (primary N) is 1. The van der Waals surface area contributed by atoms with Gasteiger partial charge >= 0.3 is 0 Å². The van der Waals surface area contributed by atoms with Crippen LogP contribution in [0.25, 0.3) is 0 Å². The van der Waals surface area contributed by atoms with E-state index in [1.54, 1.807) is 0 Å². The van der Waals surface area contributed by atoms with Gasteiger partial charge in [0.25, 0.3) is 0 Å². The molecule has 0 saturated carbocycles. The monoisotopic (exact) mass is 199 g/mol. The van der Waals surface area contributed by atoms with Crippen LogP contribution in [0, 0.1) is 0 Å². The second-order valence-corrected chi connectivity index (χ2v) is 3.59. The van der Waals surface area contributed by atoms with E-state index in [0.29, 0.717) is 0 Å². The summed E-state index contributed by atoms with van der Waals surface area (Å²) < 4.78 is 0. The first kappa shape index (κ1) is 9.74. The van der Waals surface area contributed by atoms with E-state index in [9.17, 15) is 0 Å². The SMILES string of the molecule is Nc1ccccc1[C@H]([NH3+])c1ccccc1. The Bertz CT molecular complexity index is 437. The highest BCUT2D eigenvalue weighted by molar-refractivity contribution is 5.50. The van der Waals surface area contributed by atoms with Crippen LogP contribution in [0.4, 0.5) is 5.69 Å². The van der Waals surface area contributed by atoms with Crippen molar-refractivity contribution in [3.63, 3.8) is 0 Å². The molecule has 0 aliphatic rings. The van der Waals surface area contributed by atoms with Crippen LogP contribution in [0.2, 0.25) is 0 Å². The molecule has 0 spiro atoms. The molecule has 5 N–H and O–H groups in total. The largest absolute Gasteiger partial charge is 0.398 e. The Morgan fingerprint density at radius 3 is 2.13 bits per heavy atom. The molecule has 0 saturated heterocycles. The van der Waals surface area contributed by atoms with Gasteiger partial charge in [-0.1, -0.05) is 48.5 Å². The number of hydrogen-bond acceptors (Lipinski definition) is 1. The maximum atomic E-state index is 5.92. The van der Waals surface area contributed by atoms with Crippen molar-refractivity contribution in [2.75, 3.05) is 5.73 Å². The van der Waals surface area contributed by atoms with Crippen molar-refractivity contribution in [3.8, 4) is 0 Å². The van der Waals surface area contributed by atoms with Gasteiger partial charge in [0.15, 0.2) is 0 Å². The molecule has 2 rings (SSSR count). The maximum absolute atomic E-state index is 5.92. The fourth-order valence-corrected chi connectivity index (χ4v) is 1.69. The number of para-hydroxylation sites is 1. The molecule has 0 unspecified atom stereocenters. The number of hydrogen-bond donors (Lipinski definition) is 2. The first-order valence-electron chi connectivity index (χ1n) is 5.01. The molecule has 0 amide bonds. The van der Waals surface area contributed by atoms with Crippen molar-refractivity contribution in [2.24, 2.45) is 0 Å². The highest BCUT2D eigenvalue weighted by Gasteiger charge is 2.13. The van der Waals surface area contributed by atoms with E-state index in [4.69, 9.17) is 5.73 Å². The fourth-order valence-electron chi connectivity index (χ4n) is 1.69. The molecule has 0 heterocycles. The minimum Gasteiger partial charge on any atom is -0.398 e. The summed E-state index contributed by atoms with van der Waals surface area (Å²) in [6, 6.07) is 18.2. The molecule has 0 fully saturated rings. The van der Waals surface area contributed by atoms with Crippen LogP contribution in [0.3, 0.4) is 0 Å². The number of benzene rings is 2. The van der Waals surface area contributed by atoms with E-state index in [1.807, 2.05) is 42.5 Å². The van der Waals surface area contributed by atoms with Gasteiger partial charge in [0.1, 0.15) is 6.04 Å². The highest BCUT2D eigenvalue weighted by atomic mass is 14.7. The molecule has 2 heteroatoms. The van der Waals surface area contributed by atoms with Crippen molar-refractivity contribution >= 4 is 5.69 Å². The average Bonchev–Trinajstić information content (AvgIpc) is 2.30. The molecule has 2 nitrogen and oxygen atoms in total. The van der Waals surface area contributed by atoms with Crippen molar-refractivity contribution in [1.29, 1.82) is 0 Å². The van der Waals surface area contributed by atoms with Crippen LogP contribution in [-0.2, 0) is 0 Å². The third kappa shape index (κ3) is 2.00. The second kappa shape index (κ2) is 4.15. The summed E-state index contributed by atoms with van der Waals surface area (Å²) in [5.41, 5.74) is 13.2. The van der Waals surface area contributed by atoms with Crippen LogP contribution in [0.15, 0.2) is 54.6 Å². The normalized spacial score (nSPS) is 12.3. The molecule has 0 aliphatic heterocycles. The van der Waals surface area contributed by atoms with E-state index in [0.717, 1.165) is 11.3 Å². The predicted octanol–water partition coefficient (Wildman–Crippen LogP) is 1.60. The maximum Gasteiger partial charge on any atom is 0.138 e. The molecule has 0 radical (unpaired) electrons. The smallest absolute Gasteiger partial charge is 0.138 e. The standard InChI is InChI=1S/C13H14N2/c14-12-9-5-4-8-11(12)13(15)10-6-2-1-3-7-10/h1-9,13H,14-15H2/p+1/t13-/m1/s1. The third-order valence-corrected chi connectivity index (χ3v) is 2.57. The Labute approximate surface area is 89.5 Å². The zero-order valence-electron chi connectivity index (χ0n) is 8.56. The highest BCUT2D eigenvalue weighted by Crippen LogP contribution is 2.22. The summed E-state index contributed by atoms with van der Waals surface area (Å²) in [5.74, 6) is 0. The lowest BCUT2D eigenvalue weighted by Crippen LogP contribution is -2.54. The number of rotatable bonds is 2. The summed E-state index contributed by atoms with van der Waals surface area (Å²) in [4.78, 5) is 0. The molecular formula is C13H15N2+. The Kier molecular flexibility index (Phi) is 2.70. The van der Waals surface area contributed by atoms with Crippen LogP contribution in [0.1, 0.15) is 17.2 Å². The van der Waals surface area contributed by atoms with E-state index in [1.165, 1.54) is 5.56 Å². The number of anilines is 1. The van der Waals surface area contributed by atoms with Crippen LogP contribution >= 0.6 is 0 Å². The van der Waals surface area contributed by atoms with Crippen LogP contribution in [0.5, 0.6) is 0 Å². The van der Waals surface area contributed by atoms with E-state index in [-0.39, 0.29) is 6.04 Å². The Morgan fingerprint density at radius 2 is 1.47 bits per heavy atom. The molecule has 0 aliphatic carbocycles. The summed E-state index contributed by atoms with van der Waals surface area (Å²) in [7, 11) is 0. The number of nitrogen functional groups attached to an aromatic ring is 1. The molecule has 76 valence electrons. The van der Waals surface area contributed by atoms with Gasteiger partial charge in [-0.05, 0) is 6.07 Å². The quantitative estimate of drug-likeness (QED) is 0.709. The second-order valence-electron chi connectivity index (χ2n) is 3.59. The first-order chi connectivity index (χ1) is 7.29. The third-order valence-electron chi connectivity index (χ3n) is 2.57. The fraction of sp³-hybridized carbons (Fsp3) is 0.0769. The minimum atomic E-state index is 0.104. The van der Waals surface area contributed by atoms with E-state index < -0.39 is 0 Å². The number of quaternary nitrogens is 1. The lowest BCUT2D eigenvalue weighted by Gasteiger charge is -2.11. The zero-order chi connectivity index (χ0) is 10.7. The molecular weight excluding hydrogens is 184 g/mol. The van der Waals surface area contributed by atoms with Gasteiger partial charge in [-0.15, -0.1) is 0 Å². The first-order valence-corrected chi connectivity index (χ1v) is 5.01. The minimum absolute atomic E-state index is 0.104. The summed E-state index contributed by atoms with van der Waals surface area (Å²) >= 11 is 0. The van der Waals surface area contributed by atoms with Gasteiger partial charge < -0.3 is 11.5 Å². The molecule has 1 atom stereocenters. The van der Waals surface area contributed by atoms with Gasteiger partial charge in [0.05, 0.1) is 0 Å².